The zero-order chi connectivity index (χ0) is 25.2. The lowest BCUT2D eigenvalue weighted by atomic mass is 10.1. The zero-order valence-electron chi connectivity index (χ0n) is 19.4. The Morgan fingerprint density at radius 2 is 1.78 bits per heavy atom. The van der Waals surface area contributed by atoms with Crippen LogP contribution in [0.3, 0.4) is 0 Å². The minimum atomic E-state index is -0.521. The number of rotatable bonds is 6. The summed E-state index contributed by atoms with van der Waals surface area (Å²) in [6.45, 7) is 0.359. The Balaban J connectivity index is 1.63. The van der Waals surface area contributed by atoms with Gasteiger partial charge in [0, 0.05) is 12.7 Å². The minimum absolute atomic E-state index is 0.0351. The predicted octanol–water partition coefficient (Wildman–Crippen LogP) is 3.25. The van der Waals surface area contributed by atoms with Gasteiger partial charge in [-0.05, 0) is 53.6 Å². The first-order chi connectivity index (χ1) is 17.4. The number of carbonyl (C=O) groups excluding carboxylic acids is 1. The van der Waals surface area contributed by atoms with E-state index in [9.17, 15) is 14.0 Å². The van der Waals surface area contributed by atoms with Crippen molar-refractivity contribution in [2.75, 3.05) is 7.11 Å². The summed E-state index contributed by atoms with van der Waals surface area (Å²) in [4.78, 5) is 31.1. The molecule has 2 N–H and O–H groups in total. The highest BCUT2D eigenvalue weighted by Crippen LogP contribution is 2.15. The van der Waals surface area contributed by atoms with Crippen LogP contribution in [0.5, 0.6) is 5.75 Å². The van der Waals surface area contributed by atoms with Crippen molar-refractivity contribution in [1.82, 2.24) is 19.3 Å². The van der Waals surface area contributed by atoms with Gasteiger partial charge in [0.15, 0.2) is 0 Å². The fraction of sp³-hybridized carbons (Fsp3) is 0.111. The number of ether oxygens (including phenoxy) is 1. The first-order valence-electron chi connectivity index (χ1n) is 11.2. The average Bonchev–Trinajstić information content (AvgIpc) is 2.90. The van der Waals surface area contributed by atoms with Gasteiger partial charge in [-0.3, -0.25) is 19.4 Å². The molecule has 0 saturated heterocycles. The third kappa shape index (κ3) is 4.34. The van der Waals surface area contributed by atoms with Crippen molar-refractivity contribution in [2.45, 2.75) is 13.1 Å². The summed E-state index contributed by atoms with van der Waals surface area (Å²) >= 11 is 0. The molecule has 9 heteroatoms. The second-order valence-corrected chi connectivity index (χ2v) is 8.23. The van der Waals surface area contributed by atoms with Crippen LogP contribution in [0.4, 0.5) is 4.39 Å². The Labute approximate surface area is 204 Å². The maximum Gasteiger partial charge on any atom is 0.267 e. The van der Waals surface area contributed by atoms with Crippen LogP contribution in [-0.2, 0) is 13.1 Å². The van der Waals surface area contributed by atoms with Gasteiger partial charge in [-0.25, -0.2) is 9.37 Å². The number of nitrogens with zero attached hydrogens (tertiary/aromatic N) is 3. The van der Waals surface area contributed by atoms with Crippen molar-refractivity contribution < 1.29 is 13.9 Å². The fourth-order valence-corrected chi connectivity index (χ4v) is 4.01. The largest absolute Gasteiger partial charge is 0.497 e. The lowest BCUT2D eigenvalue weighted by molar-refractivity contribution is 0.0948. The quantitative estimate of drug-likeness (QED) is 0.362. The van der Waals surface area contributed by atoms with Crippen LogP contribution in [0.2, 0.25) is 0 Å². The summed E-state index contributed by atoms with van der Waals surface area (Å²) < 4.78 is 21.4. The molecule has 2 aromatic carbocycles. The Morgan fingerprint density at radius 1 is 1.06 bits per heavy atom. The summed E-state index contributed by atoms with van der Waals surface area (Å²) in [6, 6.07) is 19.7. The highest BCUT2D eigenvalue weighted by molar-refractivity contribution is 5.96. The maximum atomic E-state index is 13.3. The number of aromatic nitrogens is 3. The van der Waals surface area contributed by atoms with Crippen molar-refractivity contribution in [3.05, 3.63) is 117 Å². The summed E-state index contributed by atoms with van der Waals surface area (Å²) in [5.41, 5.74) is 1.90. The molecule has 5 aromatic rings. The third-order valence-corrected chi connectivity index (χ3v) is 5.93. The minimum Gasteiger partial charge on any atom is -0.497 e. The van der Waals surface area contributed by atoms with Gasteiger partial charge in [-0.15, -0.1) is 0 Å². The highest BCUT2D eigenvalue weighted by atomic mass is 19.1. The summed E-state index contributed by atoms with van der Waals surface area (Å²) in [5, 5.41) is 11.8. The Hall–Kier alpha value is -4.79. The SMILES string of the molecule is COc1ccc(Cn2c(=N)c(C(=O)NCc3ccc(F)cc3)cc3c(=O)n4ccccc4nc32)cc1. The van der Waals surface area contributed by atoms with E-state index in [0.29, 0.717) is 22.6 Å². The van der Waals surface area contributed by atoms with Crippen molar-refractivity contribution in [3.63, 3.8) is 0 Å². The van der Waals surface area contributed by atoms with E-state index in [1.165, 1.54) is 22.6 Å². The van der Waals surface area contributed by atoms with E-state index < -0.39 is 5.91 Å². The summed E-state index contributed by atoms with van der Waals surface area (Å²) in [7, 11) is 1.58. The molecule has 5 rings (SSSR count). The molecule has 3 aromatic heterocycles. The molecule has 180 valence electrons. The van der Waals surface area contributed by atoms with Crippen LogP contribution in [0.1, 0.15) is 21.5 Å². The standard InChI is InChI=1S/C27H22FN5O3/c1-36-20-11-7-18(8-12-20)16-33-24(29)21(26(34)30-15-17-5-9-19(28)10-6-17)14-22-25(33)31-23-4-2-3-13-32(23)27(22)35/h2-14,29H,15-16H2,1H3,(H,30,34). The molecule has 8 nitrogen and oxygen atoms in total. The molecule has 0 spiro atoms. The van der Waals surface area contributed by atoms with Crippen molar-refractivity contribution in [1.29, 1.82) is 5.41 Å². The lowest BCUT2D eigenvalue weighted by Crippen LogP contribution is -2.35. The van der Waals surface area contributed by atoms with Gasteiger partial charge in [0.25, 0.3) is 11.5 Å². The monoisotopic (exact) mass is 483 g/mol. The van der Waals surface area contributed by atoms with Crippen LogP contribution in [-0.4, -0.2) is 27.0 Å². The van der Waals surface area contributed by atoms with Crippen LogP contribution in [0, 0.1) is 11.2 Å². The zero-order valence-corrected chi connectivity index (χ0v) is 19.4. The van der Waals surface area contributed by atoms with Crippen LogP contribution < -0.4 is 21.1 Å². The van der Waals surface area contributed by atoms with Gasteiger partial charge in [-0.1, -0.05) is 30.3 Å². The normalized spacial score (nSPS) is 11.1. The maximum absolute atomic E-state index is 13.3. The first kappa shape index (κ1) is 23.0. The lowest BCUT2D eigenvalue weighted by Gasteiger charge is -2.15. The molecule has 0 saturated carbocycles. The topological polar surface area (TPSA) is 101 Å². The molecule has 0 aliphatic rings. The van der Waals surface area contributed by atoms with E-state index in [1.807, 2.05) is 12.1 Å². The van der Waals surface area contributed by atoms with Crippen LogP contribution in [0.25, 0.3) is 16.7 Å². The smallest absolute Gasteiger partial charge is 0.267 e. The molecule has 0 aliphatic heterocycles. The molecular weight excluding hydrogens is 461 g/mol. The molecule has 3 heterocycles. The molecule has 0 bridgehead atoms. The number of amides is 1. The van der Waals surface area contributed by atoms with Crippen LogP contribution in [0.15, 0.2) is 83.8 Å². The van der Waals surface area contributed by atoms with Gasteiger partial charge < -0.3 is 14.6 Å². The average molecular weight is 484 g/mol. The van der Waals surface area contributed by atoms with Gasteiger partial charge >= 0.3 is 0 Å². The molecule has 36 heavy (non-hydrogen) atoms. The highest BCUT2D eigenvalue weighted by Gasteiger charge is 2.18. The van der Waals surface area contributed by atoms with Crippen molar-refractivity contribution in [3.8, 4) is 5.75 Å². The van der Waals surface area contributed by atoms with Crippen molar-refractivity contribution >= 4 is 22.6 Å². The van der Waals surface area contributed by atoms with E-state index in [-0.39, 0.29) is 40.9 Å². The number of halogens is 1. The van der Waals surface area contributed by atoms with E-state index in [4.69, 9.17) is 10.1 Å². The molecule has 0 radical (unpaired) electrons. The Kier molecular flexibility index (Phi) is 6.03. The Morgan fingerprint density at radius 3 is 2.50 bits per heavy atom. The molecule has 0 unspecified atom stereocenters. The number of hydrogen-bond donors (Lipinski definition) is 2. The van der Waals surface area contributed by atoms with Gasteiger partial charge in [0.1, 0.15) is 28.3 Å². The van der Waals surface area contributed by atoms with E-state index in [2.05, 4.69) is 10.3 Å². The number of nitrogens with one attached hydrogen (secondary N) is 2. The molecule has 1 amide bonds. The number of fused-ring (bicyclic) bond motifs is 2. The number of methoxy groups -OCH3 is 1. The Bertz CT molecular complexity index is 1710. The van der Waals surface area contributed by atoms with Gasteiger partial charge in [0.2, 0.25) is 0 Å². The van der Waals surface area contributed by atoms with E-state index >= 15 is 0 Å². The van der Waals surface area contributed by atoms with Crippen LogP contribution >= 0.6 is 0 Å². The number of pyridine rings is 2. The number of hydrogen-bond acceptors (Lipinski definition) is 5. The molecule has 0 atom stereocenters. The molecule has 0 aliphatic carbocycles. The second-order valence-electron chi connectivity index (χ2n) is 8.23. The fourth-order valence-electron chi connectivity index (χ4n) is 4.01. The number of benzene rings is 2. The first-order valence-corrected chi connectivity index (χ1v) is 11.2. The third-order valence-electron chi connectivity index (χ3n) is 5.93. The van der Waals surface area contributed by atoms with E-state index in [0.717, 1.165) is 5.56 Å². The summed E-state index contributed by atoms with van der Waals surface area (Å²) in [6.07, 6.45) is 1.61. The second kappa shape index (κ2) is 9.46. The molecular formula is C27H22FN5O3. The van der Waals surface area contributed by atoms with Gasteiger partial charge in [-0.2, -0.15) is 0 Å². The van der Waals surface area contributed by atoms with Gasteiger partial charge in [0.05, 0.1) is 24.6 Å². The van der Waals surface area contributed by atoms with E-state index in [1.54, 1.807) is 60.3 Å². The molecule has 0 fully saturated rings. The number of carbonyl (C=O) groups is 1. The summed E-state index contributed by atoms with van der Waals surface area (Å²) in [5.74, 6) is -0.198. The predicted molar refractivity (Wildman–Crippen MR) is 132 cm³/mol. The van der Waals surface area contributed by atoms with Crippen molar-refractivity contribution in [2.24, 2.45) is 0 Å².